The molecule has 1 aromatic rings. The predicted molar refractivity (Wildman–Crippen MR) is 65.5 cm³/mol. The number of carboxylic acids is 1. The molecule has 0 spiro atoms. The van der Waals surface area contributed by atoms with Gasteiger partial charge in [0.15, 0.2) is 0 Å². The molecule has 0 bridgehead atoms. The minimum absolute atomic E-state index is 0.454. The molecule has 0 radical (unpaired) electrons. The lowest BCUT2D eigenvalue weighted by molar-refractivity contribution is -0.151. The van der Waals surface area contributed by atoms with Crippen molar-refractivity contribution in [2.24, 2.45) is 5.92 Å². The van der Waals surface area contributed by atoms with E-state index in [0.29, 0.717) is 28.6 Å². The molecule has 2 unspecified atom stereocenters. The van der Waals surface area contributed by atoms with Gasteiger partial charge in [0, 0.05) is 22.2 Å². The molecule has 1 aliphatic rings. The van der Waals surface area contributed by atoms with Crippen LogP contribution in [0.5, 0.6) is 0 Å². The fraction of sp³-hybridized carbons (Fsp3) is 0.417. The fourth-order valence-corrected chi connectivity index (χ4v) is 2.59. The first-order chi connectivity index (χ1) is 8.09. The lowest BCUT2D eigenvalue weighted by Gasteiger charge is -2.29. The van der Waals surface area contributed by atoms with Gasteiger partial charge in [-0.15, -0.1) is 0 Å². The van der Waals surface area contributed by atoms with Gasteiger partial charge < -0.3 is 9.84 Å². The van der Waals surface area contributed by atoms with Crippen LogP contribution in [0.3, 0.4) is 0 Å². The summed E-state index contributed by atoms with van der Waals surface area (Å²) in [7, 11) is 0. The van der Waals surface area contributed by atoms with Crippen molar-refractivity contribution in [1.29, 1.82) is 0 Å². The van der Waals surface area contributed by atoms with Gasteiger partial charge in [0.05, 0.1) is 12.0 Å². The van der Waals surface area contributed by atoms with Gasteiger partial charge in [-0.3, -0.25) is 4.79 Å². The normalized spacial score (nSPS) is 24.6. The first-order valence-electron chi connectivity index (χ1n) is 5.39. The summed E-state index contributed by atoms with van der Waals surface area (Å²) in [6, 6.07) is 5.03. The third-order valence-corrected chi connectivity index (χ3v) is 3.47. The van der Waals surface area contributed by atoms with Crippen molar-refractivity contribution < 1.29 is 14.6 Å². The number of hydrogen-bond acceptors (Lipinski definition) is 2. The minimum atomic E-state index is -0.847. The molecule has 1 N–H and O–H groups in total. The van der Waals surface area contributed by atoms with E-state index in [2.05, 4.69) is 0 Å². The van der Waals surface area contributed by atoms with E-state index in [1.165, 1.54) is 0 Å². The van der Waals surface area contributed by atoms with Crippen molar-refractivity contribution in [2.75, 3.05) is 6.61 Å². The summed E-state index contributed by atoms with van der Waals surface area (Å²) in [6.07, 6.45) is 0.892. The number of benzene rings is 1. The molecule has 2 rings (SSSR count). The average molecular weight is 275 g/mol. The highest BCUT2D eigenvalue weighted by Crippen LogP contribution is 2.37. The van der Waals surface area contributed by atoms with Gasteiger partial charge in [-0.2, -0.15) is 0 Å². The maximum Gasteiger partial charge on any atom is 0.309 e. The number of carboxylic acid groups (broad SMARTS) is 1. The predicted octanol–water partition coefficient (Wildman–Crippen LogP) is 3.55. The summed E-state index contributed by atoms with van der Waals surface area (Å²) in [5, 5.41) is 10.1. The number of halogens is 2. The molecule has 1 aliphatic heterocycles. The van der Waals surface area contributed by atoms with E-state index in [9.17, 15) is 4.79 Å². The highest BCUT2D eigenvalue weighted by molar-refractivity contribution is 6.35. The van der Waals surface area contributed by atoms with Gasteiger partial charge >= 0.3 is 5.97 Å². The van der Waals surface area contributed by atoms with Crippen LogP contribution in [0.15, 0.2) is 18.2 Å². The molecule has 1 fully saturated rings. The van der Waals surface area contributed by atoms with Crippen LogP contribution in [-0.4, -0.2) is 17.7 Å². The highest BCUT2D eigenvalue weighted by Gasteiger charge is 2.34. The molecule has 2 atom stereocenters. The fourth-order valence-electron chi connectivity index (χ4n) is 2.07. The molecule has 17 heavy (non-hydrogen) atoms. The van der Waals surface area contributed by atoms with Crippen molar-refractivity contribution in [3.8, 4) is 0 Å². The number of rotatable bonds is 2. The SMILES string of the molecule is O=C(O)C1CCCOC1c1ccc(Cl)cc1Cl. The zero-order valence-electron chi connectivity index (χ0n) is 9.03. The monoisotopic (exact) mass is 274 g/mol. The molecule has 1 heterocycles. The Morgan fingerprint density at radius 3 is 2.82 bits per heavy atom. The van der Waals surface area contributed by atoms with E-state index in [1.807, 2.05) is 0 Å². The molecule has 0 saturated carbocycles. The largest absolute Gasteiger partial charge is 0.481 e. The summed E-state index contributed by atoms with van der Waals surface area (Å²) in [4.78, 5) is 11.2. The van der Waals surface area contributed by atoms with E-state index in [-0.39, 0.29) is 0 Å². The van der Waals surface area contributed by atoms with Crippen molar-refractivity contribution >= 4 is 29.2 Å². The van der Waals surface area contributed by atoms with Crippen LogP contribution in [0.4, 0.5) is 0 Å². The lowest BCUT2D eigenvalue weighted by atomic mass is 9.89. The summed E-state index contributed by atoms with van der Waals surface area (Å²) in [6.45, 7) is 0.563. The van der Waals surface area contributed by atoms with Gasteiger partial charge in [0.1, 0.15) is 0 Å². The van der Waals surface area contributed by atoms with E-state index in [1.54, 1.807) is 18.2 Å². The van der Waals surface area contributed by atoms with Crippen molar-refractivity contribution in [1.82, 2.24) is 0 Å². The van der Waals surface area contributed by atoms with E-state index in [0.717, 1.165) is 6.42 Å². The smallest absolute Gasteiger partial charge is 0.309 e. The second-order valence-electron chi connectivity index (χ2n) is 4.04. The number of ether oxygens (including phenoxy) is 1. The van der Waals surface area contributed by atoms with Crippen LogP contribution in [-0.2, 0) is 9.53 Å². The second kappa shape index (κ2) is 5.25. The first kappa shape index (κ1) is 12.7. The van der Waals surface area contributed by atoms with Crippen molar-refractivity contribution in [3.63, 3.8) is 0 Å². The topological polar surface area (TPSA) is 46.5 Å². The Bertz CT molecular complexity index is 434. The van der Waals surface area contributed by atoms with Gasteiger partial charge in [-0.05, 0) is 25.0 Å². The molecule has 1 aromatic carbocycles. The number of carbonyl (C=O) groups is 1. The van der Waals surface area contributed by atoms with Crippen LogP contribution >= 0.6 is 23.2 Å². The molecule has 3 nitrogen and oxygen atoms in total. The van der Waals surface area contributed by atoms with Gasteiger partial charge in [-0.1, -0.05) is 29.3 Å². The zero-order chi connectivity index (χ0) is 12.4. The van der Waals surface area contributed by atoms with Crippen molar-refractivity contribution in [2.45, 2.75) is 18.9 Å². The standard InChI is InChI=1S/C12H12Cl2O3/c13-7-3-4-8(10(14)6-7)11-9(12(15)16)2-1-5-17-11/h3-4,6,9,11H,1-2,5H2,(H,15,16). The number of aliphatic carboxylic acids is 1. The summed E-state index contributed by atoms with van der Waals surface area (Å²) in [5.74, 6) is -1.39. The van der Waals surface area contributed by atoms with Crippen LogP contribution in [0, 0.1) is 5.92 Å². The Morgan fingerprint density at radius 1 is 1.41 bits per heavy atom. The summed E-state index contributed by atoms with van der Waals surface area (Å²) >= 11 is 11.9. The second-order valence-corrected chi connectivity index (χ2v) is 4.89. The first-order valence-corrected chi connectivity index (χ1v) is 6.14. The van der Waals surface area contributed by atoms with Gasteiger partial charge in [0.25, 0.3) is 0 Å². The van der Waals surface area contributed by atoms with E-state index in [4.69, 9.17) is 33.0 Å². The Hall–Kier alpha value is -0.770. The van der Waals surface area contributed by atoms with Crippen molar-refractivity contribution in [3.05, 3.63) is 33.8 Å². The Labute approximate surface area is 109 Å². The molecule has 0 amide bonds. The molecular weight excluding hydrogens is 263 g/mol. The van der Waals surface area contributed by atoms with E-state index < -0.39 is 18.0 Å². The average Bonchev–Trinajstić information content (AvgIpc) is 2.29. The van der Waals surface area contributed by atoms with Crippen LogP contribution in [0.2, 0.25) is 10.0 Å². The molecule has 0 aromatic heterocycles. The third kappa shape index (κ3) is 2.73. The Morgan fingerprint density at radius 2 is 2.18 bits per heavy atom. The van der Waals surface area contributed by atoms with Gasteiger partial charge in [0.2, 0.25) is 0 Å². The zero-order valence-corrected chi connectivity index (χ0v) is 10.5. The molecular formula is C12H12Cl2O3. The molecule has 1 saturated heterocycles. The van der Waals surface area contributed by atoms with E-state index >= 15 is 0 Å². The molecule has 0 aliphatic carbocycles. The summed E-state index contributed by atoms with van der Waals surface area (Å²) in [5.41, 5.74) is 0.697. The Kier molecular flexibility index (Phi) is 3.92. The third-order valence-electron chi connectivity index (χ3n) is 2.91. The van der Waals surface area contributed by atoms with Crippen LogP contribution in [0.25, 0.3) is 0 Å². The van der Waals surface area contributed by atoms with Gasteiger partial charge in [-0.25, -0.2) is 0 Å². The summed E-state index contributed by atoms with van der Waals surface area (Å²) < 4.78 is 5.55. The highest BCUT2D eigenvalue weighted by atomic mass is 35.5. The van der Waals surface area contributed by atoms with Crippen LogP contribution in [0.1, 0.15) is 24.5 Å². The maximum atomic E-state index is 11.2. The minimum Gasteiger partial charge on any atom is -0.481 e. The lowest BCUT2D eigenvalue weighted by Crippen LogP contribution is -2.29. The quantitative estimate of drug-likeness (QED) is 0.897. The number of hydrogen-bond donors (Lipinski definition) is 1. The molecule has 92 valence electrons. The van der Waals surface area contributed by atoms with Crippen LogP contribution < -0.4 is 0 Å². The maximum absolute atomic E-state index is 11.2. The Balaban J connectivity index is 2.32. The molecule has 5 heteroatoms.